The van der Waals surface area contributed by atoms with Gasteiger partial charge in [0.25, 0.3) is 0 Å². The first kappa shape index (κ1) is 18.6. The minimum absolute atomic E-state index is 0.150. The summed E-state index contributed by atoms with van der Waals surface area (Å²) in [6, 6.07) is 8.68. The van der Waals surface area contributed by atoms with Crippen molar-refractivity contribution in [1.82, 2.24) is 0 Å². The van der Waals surface area contributed by atoms with Crippen molar-refractivity contribution < 1.29 is 28.5 Å². The summed E-state index contributed by atoms with van der Waals surface area (Å²) >= 11 is 0. The molecule has 0 fully saturated rings. The molecule has 0 saturated heterocycles. The molecule has 6 nitrogen and oxygen atoms in total. The lowest BCUT2D eigenvalue weighted by molar-refractivity contribution is 0.104. The van der Waals surface area contributed by atoms with E-state index in [2.05, 4.69) is 0 Å². The van der Waals surface area contributed by atoms with Crippen LogP contribution in [0.25, 0.3) is 6.08 Å². The molecule has 0 amide bonds. The van der Waals surface area contributed by atoms with Gasteiger partial charge < -0.3 is 23.7 Å². The van der Waals surface area contributed by atoms with Crippen LogP contribution >= 0.6 is 0 Å². The summed E-state index contributed by atoms with van der Waals surface area (Å²) in [5.41, 5.74) is 1.23. The Morgan fingerprint density at radius 1 is 0.889 bits per heavy atom. The third-order valence-electron chi connectivity index (χ3n) is 4.18. The molecule has 2 aromatic carbocycles. The highest BCUT2D eigenvalue weighted by Crippen LogP contribution is 2.35. The SMILES string of the molecule is COc1cc(OC)c(OC)cc1C=CC(=O)c1ccc2c(c1)OCCCO2. The van der Waals surface area contributed by atoms with Crippen molar-refractivity contribution in [3.63, 3.8) is 0 Å². The number of benzene rings is 2. The van der Waals surface area contributed by atoms with Crippen LogP contribution in [0.15, 0.2) is 36.4 Å². The van der Waals surface area contributed by atoms with Crippen molar-refractivity contribution in [3.8, 4) is 28.7 Å². The molecular weight excluding hydrogens is 348 g/mol. The molecule has 0 spiro atoms. The van der Waals surface area contributed by atoms with Gasteiger partial charge in [-0.1, -0.05) is 0 Å². The number of allylic oxidation sites excluding steroid dienone is 1. The number of fused-ring (bicyclic) bond motifs is 1. The number of hydrogen-bond donors (Lipinski definition) is 0. The van der Waals surface area contributed by atoms with E-state index in [4.69, 9.17) is 23.7 Å². The van der Waals surface area contributed by atoms with E-state index in [1.54, 1.807) is 57.7 Å². The number of hydrogen-bond acceptors (Lipinski definition) is 6. The Balaban J connectivity index is 1.85. The van der Waals surface area contributed by atoms with E-state index in [0.29, 0.717) is 53.1 Å². The van der Waals surface area contributed by atoms with Gasteiger partial charge in [-0.2, -0.15) is 0 Å². The van der Waals surface area contributed by atoms with Gasteiger partial charge >= 0.3 is 0 Å². The van der Waals surface area contributed by atoms with E-state index in [1.807, 2.05) is 0 Å². The van der Waals surface area contributed by atoms with Crippen molar-refractivity contribution in [2.24, 2.45) is 0 Å². The van der Waals surface area contributed by atoms with Gasteiger partial charge in [0.1, 0.15) is 5.75 Å². The third kappa shape index (κ3) is 4.16. The summed E-state index contributed by atoms with van der Waals surface area (Å²) in [6.07, 6.45) is 3.99. The van der Waals surface area contributed by atoms with Crippen LogP contribution in [0.5, 0.6) is 28.7 Å². The first-order valence-corrected chi connectivity index (χ1v) is 8.58. The fraction of sp³-hybridized carbons (Fsp3) is 0.286. The molecular formula is C21H22O6. The Kier molecular flexibility index (Phi) is 5.86. The van der Waals surface area contributed by atoms with Crippen LogP contribution < -0.4 is 23.7 Å². The van der Waals surface area contributed by atoms with Crippen LogP contribution in [0, 0.1) is 0 Å². The van der Waals surface area contributed by atoms with Gasteiger partial charge in [-0.05, 0) is 36.4 Å². The fourth-order valence-corrected chi connectivity index (χ4v) is 2.76. The molecule has 0 radical (unpaired) electrons. The number of carbonyl (C=O) groups is 1. The largest absolute Gasteiger partial charge is 0.496 e. The Bertz CT molecular complexity index is 856. The summed E-state index contributed by atoms with van der Waals surface area (Å²) < 4.78 is 27.2. The number of methoxy groups -OCH3 is 3. The first-order chi connectivity index (χ1) is 13.2. The monoisotopic (exact) mass is 370 g/mol. The third-order valence-corrected chi connectivity index (χ3v) is 4.18. The van der Waals surface area contributed by atoms with Crippen molar-refractivity contribution in [2.45, 2.75) is 6.42 Å². The maximum absolute atomic E-state index is 12.6. The van der Waals surface area contributed by atoms with Gasteiger partial charge in [-0.15, -0.1) is 0 Å². The summed E-state index contributed by atoms with van der Waals surface area (Å²) in [5.74, 6) is 2.80. The lowest BCUT2D eigenvalue weighted by atomic mass is 10.1. The molecule has 0 N–H and O–H groups in total. The minimum atomic E-state index is -0.150. The maximum atomic E-state index is 12.6. The van der Waals surface area contributed by atoms with Gasteiger partial charge in [-0.25, -0.2) is 0 Å². The number of ether oxygens (including phenoxy) is 5. The van der Waals surface area contributed by atoms with Crippen molar-refractivity contribution >= 4 is 11.9 Å². The zero-order chi connectivity index (χ0) is 19.2. The van der Waals surface area contributed by atoms with E-state index in [1.165, 1.54) is 6.08 Å². The molecule has 6 heteroatoms. The number of carbonyl (C=O) groups excluding carboxylic acids is 1. The van der Waals surface area contributed by atoms with Crippen molar-refractivity contribution in [3.05, 3.63) is 47.5 Å². The molecule has 0 atom stereocenters. The number of rotatable bonds is 6. The van der Waals surface area contributed by atoms with Crippen LogP contribution in [0.1, 0.15) is 22.3 Å². The van der Waals surface area contributed by atoms with E-state index in [-0.39, 0.29) is 5.78 Å². The van der Waals surface area contributed by atoms with Gasteiger partial charge in [0.15, 0.2) is 28.8 Å². The quantitative estimate of drug-likeness (QED) is 0.570. The second-order valence-corrected chi connectivity index (χ2v) is 5.86. The van der Waals surface area contributed by atoms with E-state index < -0.39 is 0 Å². The van der Waals surface area contributed by atoms with E-state index >= 15 is 0 Å². The minimum Gasteiger partial charge on any atom is -0.496 e. The van der Waals surface area contributed by atoms with Gasteiger partial charge in [0, 0.05) is 23.6 Å². The van der Waals surface area contributed by atoms with Crippen LogP contribution in [-0.4, -0.2) is 40.3 Å². The highest BCUT2D eigenvalue weighted by Gasteiger charge is 2.14. The van der Waals surface area contributed by atoms with Crippen LogP contribution in [-0.2, 0) is 0 Å². The molecule has 0 aromatic heterocycles. The van der Waals surface area contributed by atoms with Gasteiger partial charge in [0.2, 0.25) is 0 Å². The molecule has 142 valence electrons. The number of ketones is 1. The molecule has 2 aromatic rings. The standard InChI is InChI=1S/C21H22O6/c1-23-18-13-20(25-3)19(24-2)12-15(18)5-7-16(22)14-6-8-17-21(11-14)27-10-4-9-26-17/h5-8,11-13H,4,9-10H2,1-3H3. The lowest BCUT2D eigenvalue weighted by Crippen LogP contribution is -1.98. The van der Waals surface area contributed by atoms with Crippen molar-refractivity contribution in [2.75, 3.05) is 34.5 Å². The molecule has 27 heavy (non-hydrogen) atoms. The zero-order valence-electron chi connectivity index (χ0n) is 15.6. The predicted molar refractivity (Wildman–Crippen MR) is 102 cm³/mol. The normalized spacial score (nSPS) is 13.1. The molecule has 0 bridgehead atoms. The Labute approximate surface area is 158 Å². The van der Waals surface area contributed by atoms with Gasteiger partial charge in [0.05, 0.1) is 34.5 Å². The molecule has 0 unspecified atom stereocenters. The summed E-state index contributed by atoms with van der Waals surface area (Å²) in [5, 5.41) is 0. The Morgan fingerprint density at radius 3 is 2.26 bits per heavy atom. The molecule has 1 aliphatic rings. The summed E-state index contributed by atoms with van der Waals surface area (Å²) in [4.78, 5) is 12.6. The summed E-state index contributed by atoms with van der Waals surface area (Å²) in [7, 11) is 4.67. The molecule has 0 aliphatic carbocycles. The van der Waals surface area contributed by atoms with E-state index in [9.17, 15) is 4.79 Å². The topological polar surface area (TPSA) is 63.2 Å². The van der Waals surface area contributed by atoms with E-state index in [0.717, 1.165) is 6.42 Å². The second kappa shape index (κ2) is 8.49. The second-order valence-electron chi connectivity index (χ2n) is 5.86. The van der Waals surface area contributed by atoms with Gasteiger partial charge in [-0.3, -0.25) is 4.79 Å². The fourth-order valence-electron chi connectivity index (χ4n) is 2.76. The highest BCUT2D eigenvalue weighted by molar-refractivity contribution is 6.07. The summed E-state index contributed by atoms with van der Waals surface area (Å²) in [6.45, 7) is 1.18. The van der Waals surface area contributed by atoms with Crippen LogP contribution in [0.2, 0.25) is 0 Å². The Hall–Kier alpha value is -3.15. The molecule has 1 heterocycles. The first-order valence-electron chi connectivity index (χ1n) is 8.58. The average Bonchev–Trinajstić information content (AvgIpc) is 2.95. The van der Waals surface area contributed by atoms with Crippen LogP contribution in [0.3, 0.4) is 0 Å². The van der Waals surface area contributed by atoms with Crippen LogP contribution in [0.4, 0.5) is 0 Å². The molecule has 0 saturated carbocycles. The smallest absolute Gasteiger partial charge is 0.185 e. The lowest BCUT2D eigenvalue weighted by Gasteiger charge is -2.12. The Morgan fingerprint density at radius 2 is 1.56 bits per heavy atom. The van der Waals surface area contributed by atoms with Crippen molar-refractivity contribution in [1.29, 1.82) is 0 Å². The predicted octanol–water partition coefficient (Wildman–Crippen LogP) is 3.77. The zero-order valence-corrected chi connectivity index (χ0v) is 15.6. The molecule has 1 aliphatic heterocycles. The molecule has 3 rings (SSSR count). The maximum Gasteiger partial charge on any atom is 0.185 e. The highest BCUT2D eigenvalue weighted by atomic mass is 16.5. The average molecular weight is 370 g/mol.